The molecule has 1 unspecified atom stereocenters. The lowest BCUT2D eigenvalue weighted by Gasteiger charge is -2.00. The van der Waals surface area contributed by atoms with Crippen molar-refractivity contribution >= 4 is 27.9 Å². The van der Waals surface area contributed by atoms with Crippen molar-refractivity contribution in [1.29, 1.82) is 0 Å². The molecule has 1 N–H and O–H groups in total. The summed E-state index contributed by atoms with van der Waals surface area (Å²) >= 11 is -1.89. The van der Waals surface area contributed by atoms with Gasteiger partial charge in [-0.3, -0.25) is 0 Å². The van der Waals surface area contributed by atoms with Gasteiger partial charge in [0.05, 0.1) is 0 Å². The second-order valence-corrected chi connectivity index (χ2v) is 3.97. The molecule has 2 aromatic carbocycles. The quantitative estimate of drug-likeness (QED) is 0.787. The number of hydrogen-bond acceptors (Lipinski definition) is 1. The molecule has 0 saturated heterocycles. The van der Waals surface area contributed by atoms with Gasteiger partial charge in [0, 0.05) is 5.41 Å². The fourth-order valence-electron chi connectivity index (χ4n) is 1.53. The van der Waals surface area contributed by atoms with E-state index in [9.17, 15) is 4.21 Å². The Labute approximate surface area is 90.5 Å². The summed E-state index contributed by atoms with van der Waals surface area (Å²) in [6, 6.07) is 13.8. The van der Waals surface area contributed by atoms with E-state index in [-0.39, 0.29) is 0 Å². The van der Waals surface area contributed by atoms with Crippen molar-refractivity contribution in [2.75, 3.05) is 0 Å². The molecule has 0 saturated carbocycles. The molecule has 0 spiro atoms. The standard InChI is InChI=1S/C12H10O2S/c13-15(14)9-8-11-6-3-5-10-4-1-2-7-12(10)11/h1-9H,(H,13,14). The molecule has 0 radical (unpaired) electrons. The zero-order valence-corrected chi connectivity index (χ0v) is 8.78. The smallest absolute Gasteiger partial charge is 0.178 e. The molecule has 2 rings (SSSR count). The molecule has 0 heterocycles. The molecule has 0 aliphatic carbocycles. The van der Waals surface area contributed by atoms with Gasteiger partial charge in [-0.25, -0.2) is 4.21 Å². The van der Waals surface area contributed by atoms with Gasteiger partial charge in [-0.05, 0) is 22.4 Å². The highest BCUT2D eigenvalue weighted by Gasteiger charge is 1.96. The summed E-state index contributed by atoms with van der Waals surface area (Å²) in [5.74, 6) is 0. The summed E-state index contributed by atoms with van der Waals surface area (Å²) in [5, 5.41) is 3.48. The molecular weight excluding hydrogens is 208 g/mol. The van der Waals surface area contributed by atoms with Gasteiger partial charge >= 0.3 is 0 Å². The Hall–Kier alpha value is -1.45. The van der Waals surface area contributed by atoms with Crippen molar-refractivity contribution in [3.8, 4) is 0 Å². The Bertz CT molecular complexity index is 527. The maximum atomic E-state index is 10.5. The zero-order chi connectivity index (χ0) is 10.7. The predicted octanol–water partition coefficient (Wildman–Crippen LogP) is 3.03. The van der Waals surface area contributed by atoms with Gasteiger partial charge in [0.1, 0.15) is 0 Å². The minimum absolute atomic E-state index is 0.954. The third kappa shape index (κ3) is 2.32. The predicted molar refractivity (Wildman–Crippen MR) is 63.8 cm³/mol. The van der Waals surface area contributed by atoms with Crippen LogP contribution in [0.5, 0.6) is 0 Å². The largest absolute Gasteiger partial charge is 0.303 e. The maximum Gasteiger partial charge on any atom is 0.178 e. The molecule has 0 bridgehead atoms. The van der Waals surface area contributed by atoms with E-state index in [1.807, 2.05) is 42.5 Å². The van der Waals surface area contributed by atoms with Crippen molar-refractivity contribution in [2.45, 2.75) is 0 Å². The monoisotopic (exact) mass is 218 g/mol. The van der Waals surface area contributed by atoms with Crippen LogP contribution in [0.1, 0.15) is 5.56 Å². The van der Waals surface area contributed by atoms with Crippen molar-refractivity contribution in [1.82, 2.24) is 0 Å². The Balaban J connectivity index is 2.56. The summed E-state index contributed by atoms with van der Waals surface area (Å²) in [6.07, 6.45) is 1.67. The topological polar surface area (TPSA) is 37.3 Å². The first-order valence-electron chi connectivity index (χ1n) is 4.53. The Morgan fingerprint density at radius 2 is 1.80 bits per heavy atom. The number of benzene rings is 2. The second kappa shape index (κ2) is 4.38. The average Bonchev–Trinajstić information content (AvgIpc) is 2.26. The maximum absolute atomic E-state index is 10.5. The summed E-state index contributed by atoms with van der Waals surface area (Å²) in [5.41, 5.74) is 0.954. The molecule has 15 heavy (non-hydrogen) atoms. The van der Waals surface area contributed by atoms with E-state index >= 15 is 0 Å². The SMILES string of the molecule is O=S(O)C=Cc1cccc2ccccc12. The molecule has 1 atom stereocenters. The average molecular weight is 218 g/mol. The van der Waals surface area contributed by atoms with Crippen LogP contribution in [-0.2, 0) is 11.1 Å². The first-order valence-corrected chi connectivity index (χ1v) is 5.70. The van der Waals surface area contributed by atoms with Gasteiger partial charge in [-0.2, -0.15) is 0 Å². The van der Waals surface area contributed by atoms with E-state index in [0.717, 1.165) is 16.3 Å². The van der Waals surface area contributed by atoms with Crippen LogP contribution in [0.25, 0.3) is 16.8 Å². The third-order valence-electron chi connectivity index (χ3n) is 2.19. The molecule has 3 heteroatoms. The first-order chi connectivity index (χ1) is 7.27. The van der Waals surface area contributed by atoms with Gasteiger partial charge < -0.3 is 4.55 Å². The first kappa shape index (κ1) is 10.1. The summed E-state index contributed by atoms with van der Waals surface area (Å²) in [7, 11) is 0. The summed E-state index contributed by atoms with van der Waals surface area (Å²) < 4.78 is 19.2. The number of fused-ring (bicyclic) bond motifs is 1. The van der Waals surface area contributed by atoms with E-state index in [1.165, 1.54) is 5.41 Å². The van der Waals surface area contributed by atoms with Gasteiger partial charge in [0.15, 0.2) is 11.1 Å². The van der Waals surface area contributed by atoms with Gasteiger partial charge in [-0.15, -0.1) is 0 Å². The van der Waals surface area contributed by atoms with E-state index in [0.29, 0.717) is 0 Å². The Morgan fingerprint density at radius 3 is 2.60 bits per heavy atom. The van der Waals surface area contributed by atoms with E-state index in [1.54, 1.807) is 6.08 Å². The minimum Gasteiger partial charge on any atom is -0.303 e. The Kier molecular flexibility index (Phi) is 2.94. The van der Waals surface area contributed by atoms with Crippen LogP contribution in [0, 0.1) is 0 Å². The number of hydrogen-bond donors (Lipinski definition) is 1. The van der Waals surface area contributed by atoms with Crippen molar-refractivity contribution in [3.05, 3.63) is 53.4 Å². The normalized spacial score (nSPS) is 13.4. The molecule has 0 aromatic heterocycles. The lowest BCUT2D eigenvalue weighted by atomic mass is 10.1. The van der Waals surface area contributed by atoms with E-state index < -0.39 is 11.1 Å². The summed E-state index contributed by atoms with van der Waals surface area (Å²) in [6.45, 7) is 0. The molecular formula is C12H10O2S. The van der Waals surface area contributed by atoms with Gasteiger partial charge in [0.2, 0.25) is 0 Å². The minimum atomic E-state index is -1.89. The highest BCUT2D eigenvalue weighted by molar-refractivity contribution is 7.82. The highest BCUT2D eigenvalue weighted by Crippen LogP contribution is 2.19. The van der Waals surface area contributed by atoms with Crippen LogP contribution in [-0.4, -0.2) is 8.76 Å². The van der Waals surface area contributed by atoms with Crippen molar-refractivity contribution in [2.24, 2.45) is 0 Å². The molecule has 2 nitrogen and oxygen atoms in total. The van der Waals surface area contributed by atoms with Crippen LogP contribution in [0.2, 0.25) is 0 Å². The lowest BCUT2D eigenvalue weighted by molar-refractivity contribution is 0.574. The molecule has 0 amide bonds. The van der Waals surface area contributed by atoms with Crippen LogP contribution in [0.15, 0.2) is 47.9 Å². The molecule has 2 aromatic rings. The summed E-state index contributed by atoms with van der Waals surface area (Å²) in [4.78, 5) is 0. The van der Waals surface area contributed by atoms with Crippen molar-refractivity contribution in [3.63, 3.8) is 0 Å². The molecule has 0 aliphatic heterocycles. The van der Waals surface area contributed by atoms with Gasteiger partial charge in [-0.1, -0.05) is 42.5 Å². The molecule has 0 aliphatic rings. The second-order valence-electron chi connectivity index (χ2n) is 3.15. The highest BCUT2D eigenvalue weighted by atomic mass is 32.2. The van der Waals surface area contributed by atoms with Crippen molar-refractivity contribution < 1.29 is 8.76 Å². The lowest BCUT2D eigenvalue weighted by Crippen LogP contribution is -1.80. The third-order valence-corrected chi connectivity index (χ3v) is 2.56. The van der Waals surface area contributed by atoms with E-state index in [2.05, 4.69) is 0 Å². The van der Waals surface area contributed by atoms with Crippen LogP contribution >= 0.6 is 0 Å². The Morgan fingerprint density at radius 1 is 1.07 bits per heavy atom. The van der Waals surface area contributed by atoms with E-state index in [4.69, 9.17) is 4.55 Å². The molecule has 76 valence electrons. The van der Waals surface area contributed by atoms with Crippen LogP contribution in [0.4, 0.5) is 0 Å². The van der Waals surface area contributed by atoms with Crippen LogP contribution in [0.3, 0.4) is 0 Å². The molecule has 0 fully saturated rings. The zero-order valence-electron chi connectivity index (χ0n) is 7.96. The number of rotatable bonds is 2. The van der Waals surface area contributed by atoms with Crippen LogP contribution < -0.4 is 0 Å². The van der Waals surface area contributed by atoms with Gasteiger partial charge in [0.25, 0.3) is 0 Å². The fourth-order valence-corrected chi connectivity index (χ4v) is 1.79. The fraction of sp³-hybridized carbons (Fsp3) is 0.